The highest BCUT2D eigenvalue weighted by Crippen LogP contribution is 2.26. The first-order valence-corrected chi connectivity index (χ1v) is 7.08. The maximum absolute atomic E-state index is 12.1. The Morgan fingerprint density at radius 3 is 2.95 bits per heavy atom. The molecule has 0 radical (unpaired) electrons. The zero-order valence-electron chi connectivity index (χ0n) is 11.5. The molecule has 0 spiro atoms. The highest BCUT2D eigenvalue weighted by molar-refractivity contribution is 5.80. The number of rotatable bonds is 3. The van der Waals surface area contributed by atoms with E-state index < -0.39 is 6.10 Å². The van der Waals surface area contributed by atoms with E-state index >= 15 is 0 Å². The first kappa shape index (κ1) is 13.1. The van der Waals surface area contributed by atoms with E-state index in [4.69, 9.17) is 0 Å². The summed E-state index contributed by atoms with van der Waals surface area (Å²) in [5.74, 6) is 0.386. The Bertz CT molecular complexity index is 589. The van der Waals surface area contributed by atoms with Crippen molar-refractivity contribution in [2.45, 2.75) is 38.3 Å². The van der Waals surface area contributed by atoms with Crippen LogP contribution in [0.2, 0.25) is 0 Å². The van der Waals surface area contributed by atoms with Crippen molar-refractivity contribution in [3.63, 3.8) is 0 Å². The summed E-state index contributed by atoms with van der Waals surface area (Å²) in [7, 11) is 0. The smallest absolute Gasteiger partial charge is 0.226 e. The predicted molar refractivity (Wildman–Crippen MR) is 76.0 cm³/mol. The van der Waals surface area contributed by atoms with Crippen molar-refractivity contribution in [3.05, 3.63) is 30.1 Å². The number of benzene rings is 1. The molecule has 0 aliphatic heterocycles. The number of aromatic amines is 1. The fourth-order valence-corrected chi connectivity index (χ4v) is 2.81. The molecular weight excluding hydrogens is 254 g/mol. The van der Waals surface area contributed by atoms with Crippen molar-refractivity contribution in [1.29, 1.82) is 0 Å². The number of carbonyl (C=O) groups is 1. The number of H-pyrrole nitrogens is 1. The summed E-state index contributed by atoms with van der Waals surface area (Å²) >= 11 is 0. The number of aliphatic hydroxyl groups excluding tert-OH is 1. The van der Waals surface area contributed by atoms with Crippen molar-refractivity contribution in [1.82, 2.24) is 15.3 Å². The molecule has 3 rings (SSSR count). The van der Waals surface area contributed by atoms with E-state index in [0.717, 1.165) is 36.1 Å². The van der Waals surface area contributed by atoms with Gasteiger partial charge in [-0.05, 0) is 38.3 Å². The summed E-state index contributed by atoms with van der Waals surface area (Å²) in [6.07, 6.45) is 1.90. The zero-order chi connectivity index (χ0) is 14.1. The van der Waals surface area contributed by atoms with Gasteiger partial charge in [0.1, 0.15) is 5.82 Å². The monoisotopic (exact) mass is 273 g/mol. The topological polar surface area (TPSA) is 78.0 Å². The maximum atomic E-state index is 12.1. The molecule has 5 heteroatoms. The number of imidazole rings is 1. The second kappa shape index (κ2) is 5.25. The number of nitrogens with one attached hydrogen (secondary N) is 2. The molecule has 1 aromatic carbocycles. The molecule has 1 heterocycles. The Morgan fingerprint density at radius 2 is 2.25 bits per heavy atom. The molecule has 1 saturated carbocycles. The Balaban J connectivity index is 1.72. The summed E-state index contributed by atoms with van der Waals surface area (Å²) < 4.78 is 0. The summed E-state index contributed by atoms with van der Waals surface area (Å²) in [5, 5.41) is 12.7. The van der Waals surface area contributed by atoms with Crippen LogP contribution in [-0.2, 0) is 4.79 Å². The van der Waals surface area contributed by atoms with E-state index in [2.05, 4.69) is 15.3 Å². The lowest BCUT2D eigenvalue weighted by atomic mass is 10.0. The molecule has 20 heavy (non-hydrogen) atoms. The van der Waals surface area contributed by atoms with Crippen LogP contribution in [0.5, 0.6) is 0 Å². The van der Waals surface area contributed by atoms with Gasteiger partial charge in [0, 0.05) is 0 Å². The Labute approximate surface area is 117 Å². The Kier molecular flexibility index (Phi) is 3.44. The average molecular weight is 273 g/mol. The van der Waals surface area contributed by atoms with Gasteiger partial charge in [-0.25, -0.2) is 4.98 Å². The Hall–Kier alpha value is -1.88. The third-order valence-electron chi connectivity index (χ3n) is 3.99. The van der Waals surface area contributed by atoms with E-state index in [0.29, 0.717) is 0 Å². The summed E-state index contributed by atoms with van der Waals surface area (Å²) in [5.41, 5.74) is 1.86. The minimum absolute atomic E-state index is 0.0806. The van der Waals surface area contributed by atoms with E-state index in [1.807, 2.05) is 31.2 Å². The second-order valence-electron chi connectivity index (χ2n) is 5.47. The third kappa shape index (κ3) is 2.41. The van der Waals surface area contributed by atoms with Gasteiger partial charge in [-0.3, -0.25) is 4.79 Å². The number of nitrogens with zero attached hydrogens (tertiary/aromatic N) is 1. The largest absolute Gasteiger partial charge is 0.392 e. The molecule has 1 amide bonds. The highest BCUT2D eigenvalue weighted by Gasteiger charge is 2.32. The molecule has 2 aromatic rings. The number of fused-ring (bicyclic) bond motifs is 1. The van der Waals surface area contributed by atoms with Gasteiger partial charge in [0.25, 0.3) is 0 Å². The van der Waals surface area contributed by atoms with Crippen LogP contribution in [0.4, 0.5) is 0 Å². The quantitative estimate of drug-likeness (QED) is 0.799. The van der Waals surface area contributed by atoms with E-state index in [1.165, 1.54) is 0 Å². The minimum atomic E-state index is -0.502. The van der Waals surface area contributed by atoms with Crippen LogP contribution in [-0.4, -0.2) is 27.1 Å². The molecule has 1 fully saturated rings. The SMILES string of the molecule is CC(NC(=O)C1CCCC1O)c1nc2ccccc2[nH]1. The van der Waals surface area contributed by atoms with Crippen LogP contribution < -0.4 is 5.32 Å². The molecule has 106 valence electrons. The third-order valence-corrected chi connectivity index (χ3v) is 3.99. The Morgan fingerprint density at radius 1 is 1.45 bits per heavy atom. The number of carbonyl (C=O) groups excluding carboxylic acids is 1. The molecular formula is C15H19N3O2. The van der Waals surface area contributed by atoms with Crippen molar-refractivity contribution in [3.8, 4) is 0 Å². The van der Waals surface area contributed by atoms with Gasteiger partial charge in [-0.2, -0.15) is 0 Å². The number of aliphatic hydroxyl groups is 1. The van der Waals surface area contributed by atoms with Crippen LogP contribution >= 0.6 is 0 Å². The number of para-hydroxylation sites is 2. The molecule has 1 aliphatic carbocycles. The van der Waals surface area contributed by atoms with Gasteiger partial charge < -0.3 is 15.4 Å². The van der Waals surface area contributed by atoms with Gasteiger partial charge in [-0.15, -0.1) is 0 Å². The van der Waals surface area contributed by atoms with Crippen LogP contribution in [0.3, 0.4) is 0 Å². The lowest BCUT2D eigenvalue weighted by Crippen LogP contribution is -2.36. The molecule has 3 atom stereocenters. The number of aromatic nitrogens is 2. The first-order valence-electron chi connectivity index (χ1n) is 7.08. The average Bonchev–Trinajstić information content (AvgIpc) is 3.04. The number of hydrogen-bond donors (Lipinski definition) is 3. The van der Waals surface area contributed by atoms with Crippen molar-refractivity contribution < 1.29 is 9.90 Å². The summed E-state index contributed by atoms with van der Waals surface area (Å²) in [6.45, 7) is 1.90. The van der Waals surface area contributed by atoms with Gasteiger partial charge in [-0.1, -0.05) is 12.1 Å². The fourth-order valence-electron chi connectivity index (χ4n) is 2.81. The maximum Gasteiger partial charge on any atom is 0.226 e. The van der Waals surface area contributed by atoms with Crippen molar-refractivity contribution in [2.24, 2.45) is 5.92 Å². The number of hydrogen-bond acceptors (Lipinski definition) is 3. The van der Waals surface area contributed by atoms with E-state index in [-0.39, 0.29) is 17.9 Å². The summed E-state index contributed by atoms with van der Waals surface area (Å²) in [6, 6.07) is 7.59. The van der Waals surface area contributed by atoms with Gasteiger partial charge >= 0.3 is 0 Å². The lowest BCUT2D eigenvalue weighted by molar-refractivity contribution is -0.128. The van der Waals surface area contributed by atoms with Gasteiger partial charge in [0.2, 0.25) is 5.91 Å². The van der Waals surface area contributed by atoms with Crippen molar-refractivity contribution >= 4 is 16.9 Å². The number of amides is 1. The van der Waals surface area contributed by atoms with E-state index in [1.54, 1.807) is 0 Å². The van der Waals surface area contributed by atoms with E-state index in [9.17, 15) is 9.90 Å². The van der Waals surface area contributed by atoms with Crippen LogP contribution in [0.15, 0.2) is 24.3 Å². The zero-order valence-corrected chi connectivity index (χ0v) is 11.5. The fraction of sp³-hybridized carbons (Fsp3) is 0.467. The molecule has 5 nitrogen and oxygen atoms in total. The molecule has 0 saturated heterocycles. The molecule has 0 bridgehead atoms. The first-order chi connectivity index (χ1) is 9.65. The van der Waals surface area contributed by atoms with Crippen LogP contribution in [0, 0.1) is 5.92 Å². The second-order valence-corrected chi connectivity index (χ2v) is 5.47. The molecule has 3 unspecified atom stereocenters. The predicted octanol–water partition coefficient (Wildman–Crippen LogP) is 1.90. The van der Waals surface area contributed by atoms with Gasteiger partial charge in [0.05, 0.1) is 29.1 Å². The summed E-state index contributed by atoms with van der Waals surface area (Å²) in [4.78, 5) is 19.8. The van der Waals surface area contributed by atoms with Crippen LogP contribution in [0.25, 0.3) is 11.0 Å². The van der Waals surface area contributed by atoms with Crippen LogP contribution in [0.1, 0.15) is 38.1 Å². The molecule has 1 aromatic heterocycles. The highest BCUT2D eigenvalue weighted by atomic mass is 16.3. The lowest BCUT2D eigenvalue weighted by Gasteiger charge is -2.17. The normalized spacial score (nSPS) is 23.9. The molecule has 3 N–H and O–H groups in total. The minimum Gasteiger partial charge on any atom is -0.392 e. The van der Waals surface area contributed by atoms with Gasteiger partial charge in [0.15, 0.2) is 0 Å². The van der Waals surface area contributed by atoms with Crippen molar-refractivity contribution in [2.75, 3.05) is 0 Å². The molecule has 1 aliphatic rings. The standard InChI is InChI=1S/C15H19N3O2/c1-9(16-15(20)10-5-4-8-13(10)19)14-17-11-6-2-3-7-12(11)18-14/h2-3,6-7,9-10,13,19H,4-5,8H2,1H3,(H,16,20)(H,17,18).